The summed E-state index contributed by atoms with van der Waals surface area (Å²) in [5.74, 6) is 0. The lowest BCUT2D eigenvalue weighted by molar-refractivity contribution is 0.561. The van der Waals surface area contributed by atoms with Crippen LogP contribution in [0.15, 0.2) is 121 Å². The Balaban J connectivity index is 1.22. The molecule has 2 nitrogen and oxygen atoms in total. The van der Waals surface area contributed by atoms with Gasteiger partial charge in [-0.15, -0.1) is 0 Å². The van der Waals surface area contributed by atoms with E-state index in [1.54, 1.807) is 0 Å². The van der Waals surface area contributed by atoms with Gasteiger partial charge in [0.15, 0.2) is 0 Å². The summed E-state index contributed by atoms with van der Waals surface area (Å²) in [4.78, 5) is 5.16. The Hall–Kier alpha value is -5.47. The van der Waals surface area contributed by atoms with Crippen molar-refractivity contribution < 1.29 is 0 Å². The van der Waals surface area contributed by atoms with E-state index in [1.165, 1.54) is 110 Å². The molecule has 0 saturated heterocycles. The lowest BCUT2D eigenvalue weighted by atomic mass is 9.31. The molecular weight excluding hydrogens is 626 g/mol. The fourth-order valence-electron chi connectivity index (χ4n) is 11.1. The van der Waals surface area contributed by atoms with E-state index in [0.29, 0.717) is 0 Å². The summed E-state index contributed by atoms with van der Waals surface area (Å²) >= 11 is 0. The standard InChI is InChI=1S/C48H38B2N2/c1-47(2,3)51-37-17-9-7-15-33(37)49-35-24-22-28-26-36-43-29(23-21-27-25-32(44(35)42(28)41(27)43)31-14-12-20-40(51)46(31)49)30-13-11-19-39-45(30)50(36)34-16-8-10-18-38(34)52(39)48(4,5)6/h7-26H,1-6H3. The van der Waals surface area contributed by atoms with Crippen LogP contribution in [0.3, 0.4) is 0 Å². The Morgan fingerprint density at radius 1 is 0.365 bits per heavy atom. The minimum atomic E-state index is -0.0715. The summed E-state index contributed by atoms with van der Waals surface area (Å²) < 4.78 is 0. The normalized spacial score (nSPS) is 15.0. The summed E-state index contributed by atoms with van der Waals surface area (Å²) in [5, 5.41) is 8.41. The van der Waals surface area contributed by atoms with Crippen LogP contribution in [-0.4, -0.2) is 24.5 Å². The fraction of sp³-hybridized carbons (Fsp3) is 0.167. The molecule has 0 N–H and O–H groups in total. The number of rotatable bonds is 0. The average molecular weight is 664 g/mol. The van der Waals surface area contributed by atoms with Crippen molar-refractivity contribution >= 4 is 101 Å². The number of para-hydroxylation sites is 2. The maximum atomic E-state index is 2.58. The van der Waals surface area contributed by atoms with Crippen molar-refractivity contribution in [1.29, 1.82) is 0 Å². The van der Waals surface area contributed by atoms with Crippen LogP contribution in [0.5, 0.6) is 0 Å². The lowest BCUT2D eigenvalue weighted by Gasteiger charge is -2.47. The highest BCUT2D eigenvalue weighted by Gasteiger charge is 2.45. The van der Waals surface area contributed by atoms with Crippen molar-refractivity contribution in [3.63, 3.8) is 0 Å². The molecule has 8 aromatic rings. The molecule has 246 valence electrons. The predicted octanol–water partition coefficient (Wildman–Crippen LogP) is 8.08. The van der Waals surface area contributed by atoms with E-state index in [0.717, 1.165) is 0 Å². The Morgan fingerprint density at radius 3 is 1.44 bits per heavy atom. The molecule has 0 aliphatic carbocycles. The SMILES string of the molecule is CC(C)(C)N1c2ccccc2B2c3c(cccc31)-c1cc3ccc4c5c(cc6ccc2c1c6c35)B1c2ccccc2N(C(C)(C)C)c2cccc-4c21. The maximum absolute atomic E-state index is 2.58. The maximum Gasteiger partial charge on any atom is 0.248 e. The molecule has 0 saturated carbocycles. The molecule has 0 unspecified atom stereocenters. The topological polar surface area (TPSA) is 6.48 Å². The molecule has 8 aromatic carbocycles. The number of hydrogen-bond donors (Lipinski definition) is 0. The molecule has 4 aliphatic rings. The van der Waals surface area contributed by atoms with Crippen LogP contribution in [0.25, 0.3) is 54.6 Å². The largest absolute Gasteiger partial charge is 0.337 e. The molecule has 4 aliphatic heterocycles. The molecular formula is C48H38B2N2. The summed E-state index contributed by atoms with van der Waals surface area (Å²) in [6.07, 6.45) is 0. The van der Waals surface area contributed by atoms with Crippen LogP contribution < -0.4 is 42.6 Å². The highest BCUT2D eigenvalue weighted by atomic mass is 15.2. The first-order chi connectivity index (χ1) is 25.1. The second-order valence-corrected chi connectivity index (χ2v) is 17.6. The van der Waals surface area contributed by atoms with Crippen molar-refractivity contribution in [2.45, 2.75) is 52.6 Å². The quantitative estimate of drug-likeness (QED) is 0.120. The van der Waals surface area contributed by atoms with Gasteiger partial charge in [-0.25, -0.2) is 0 Å². The molecule has 0 radical (unpaired) electrons. The van der Waals surface area contributed by atoms with E-state index < -0.39 is 0 Å². The molecule has 4 heterocycles. The molecule has 0 spiro atoms. The van der Waals surface area contributed by atoms with E-state index in [1.807, 2.05) is 0 Å². The molecule has 0 amide bonds. The molecule has 52 heavy (non-hydrogen) atoms. The molecule has 0 atom stereocenters. The first-order valence-electron chi connectivity index (χ1n) is 18.9. The summed E-state index contributed by atoms with van der Waals surface area (Å²) in [5.41, 5.74) is 19.3. The van der Waals surface area contributed by atoms with Crippen molar-refractivity contribution in [2.24, 2.45) is 0 Å². The second kappa shape index (κ2) is 9.30. The van der Waals surface area contributed by atoms with Gasteiger partial charge in [0.1, 0.15) is 0 Å². The number of nitrogens with zero attached hydrogens (tertiary/aromatic N) is 2. The number of fused-ring (bicyclic) bond motifs is 8. The zero-order valence-electron chi connectivity index (χ0n) is 30.6. The van der Waals surface area contributed by atoms with Gasteiger partial charge in [0.2, 0.25) is 13.4 Å². The van der Waals surface area contributed by atoms with Gasteiger partial charge in [-0.2, -0.15) is 0 Å². The summed E-state index contributed by atoms with van der Waals surface area (Å²) in [7, 11) is 0. The van der Waals surface area contributed by atoms with Gasteiger partial charge in [0.25, 0.3) is 0 Å². The van der Waals surface area contributed by atoms with E-state index in [9.17, 15) is 0 Å². The van der Waals surface area contributed by atoms with Crippen LogP contribution >= 0.6 is 0 Å². The van der Waals surface area contributed by atoms with Crippen LogP contribution in [0.2, 0.25) is 0 Å². The van der Waals surface area contributed by atoms with E-state index in [-0.39, 0.29) is 24.5 Å². The highest BCUT2D eigenvalue weighted by molar-refractivity contribution is 7.02. The second-order valence-electron chi connectivity index (χ2n) is 17.6. The van der Waals surface area contributed by atoms with Crippen molar-refractivity contribution in [2.75, 3.05) is 9.80 Å². The third-order valence-corrected chi connectivity index (χ3v) is 12.7. The van der Waals surface area contributed by atoms with Gasteiger partial charge in [-0.05, 0) is 148 Å². The van der Waals surface area contributed by atoms with Crippen molar-refractivity contribution in [3.8, 4) is 22.3 Å². The molecule has 12 rings (SSSR count). The summed E-state index contributed by atoms with van der Waals surface area (Å²) in [6, 6.07) is 47.3. The first-order valence-corrected chi connectivity index (χ1v) is 18.9. The van der Waals surface area contributed by atoms with Crippen LogP contribution in [-0.2, 0) is 0 Å². The Morgan fingerprint density at radius 2 is 0.846 bits per heavy atom. The molecule has 0 bridgehead atoms. The Bertz CT molecular complexity index is 2900. The third kappa shape index (κ3) is 3.36. The van der Waals surface area contributed by atoms with Gasteiger partial charge in [0.05, 0.1) is 0 Å². The van der Waals surface area contributed by atoms with Crippen molar-refractivity contribution in [1.82, 2.24) is 0 Å². The van der Waals surface area contributed by atoms with Gasteiger partial charge in [-0.1, -0.05) is 102 Å². The monoisotopic (exact) mass is 664 g/mol. The molecule has 0 aromatic heterocycles. The molecule has 0 fully saturated rings. The molecule has 4 heteroatoms. The summed E-state index contributed by atoms with van der Waals surface area (Å²) in [6.45, 7) is 14.4. The fourth-order valence-corrected chi connectivity index (χ4v) is 11.1. The minimum absolute atomic E-state index is 0.0715. The van der Waals surface area contributed by atoms with Crippen molar-refractivity contribution in [3.05, 3.63) is 121 Å². The van der Waals surface area contributed by atoms with E-state index in [4.69, 9.17) is 0 Å². The number of anilines is 4. The third-order valence-electron chi connectivity index (χ3n) is 12.7. The minimum Gasteiger partial charge on any atom is -0.337 e. The van der Waals surface area contributed by atoms with Crippen LogP contribution in [0.4, 0.5) is 22.7 Å². The van der Waals surface area contributed by atoms with Gasteiger partial charge < -0.3 is 9.80 Å². The first kappa shape index (κ1) is 29.1. The number of benzene rings is 8. The average Bonchev–Trinajstić information content (AvgIpc) is 3.13. The van der Waals surface area contributed by atoms with E-state index in [2.05, 4.69) is 173 Å². The van der Waals surface area contributed by atoms with Gasteiger partial charge in [-0.3, -0.25) is 0 Å². The van der Waals surface area contributed by atoms with Gasteiger partial charge in [0, 0.05) is 33.8 Å². The van der Waals surface area contributed by atoms with E-state index >= 15 is 0 Å². The van der Waals surface area contributed by atoms with Crippen LogP contribution in [0, 0.1) is 0 Å². The zero-order valence-corrected chi connectivity index (χ0v) is 30.6. The lowest BCUT2D eigenvalue weighted by Crippen LogP contribution is -2.62. The van der Waals surface area contributed by atoms with Gasteiger partial charge >= 0.3 is 0 Å². The number of hydrogen-bond acceptors (Lipinski definition) is 2. The zero-order chi connectivity index (χ0) is 35.0. The highest BCUT2D eigenvalue weighted by Crippen LogP contribution is 2.48. The Labute approximate surface area is 306 Å². The smallest absolute Gasteiger partial charge is 0.248 e. The predicted molar refractivity (Wildman–Crippen MR) is 227 cm³/mol. The Kier molecular flexibility index (Phi) is 5.21. The van der Waals surface area contributed by atoms with Crippen LogP contribution in [0.1, 0.15) is 41.5 Å².